The fourth-order valence-electron chi connectivity index (χ4n) is 1.06. The van der Waals surface area contributed by atoms with Crippen LogP contribution in [0.1, 0.15) is 16.2 Å². The minimum Gasteiger partial charge on any atom is -0.395 e. The Hall–Kier alpha value is -1.61. The smallest absolute Gasteiger partial charge is 0.273 e. The maximum absolute atomic E-state index is 11.6. The molecule has 0 radical (unpaired) electrons. The van der Waals surface area contributed by atoms with Crippen molar-refractivity contribution in [3.8, 4) is 12.3 Å². The third-order valence-corrected chi connectivity index (χ3v) is 2.79. The Morgan fingerprint density at radius 1 is 1.75 bits per heavy atom. The molecule has 0 bridgehead atoms. The number of aromatic nitrogens is 2. The van der Waals surface area contributed by atoms with Crippen LogP contribution in [0.25, 0.3) is 0 Å². The summed E-state index contributed by atoms with van der Waals surface area (Å²) in [5.74, 6) is 3.68. The van der Waals surface area contributed by atoms with E-state index in [0.717, 1.165) is 5.75 Å². The molecule has 0 aliphatic carbocycles. The van der Waals surface area contributed by atoms with Crippen LogP contribution in [0.15, 0.2) is 0 Å². The molecule has 0 spiro atoms. The van der Waals surface area contributed by atoms with Gasteiger partial charge in [-0.2, -0.15) is 5.10 Å². The van der Waals surface area contributed by atoms with Crippen molar-refractivity contribution < 1.29 is 4.79 Å². The van der Waals surface area contributed by atoms with Gasteiger partial charge in [0.05, 0.1) is 17.1 Å². The van der Waals surface area contributed by atoms with Gasteiger partial charge in [-0.05, 0) is 6.92 Å². The fraction of sp³-hybridized carbons (Fsp3) is 0.400. The number of hydrogen-bond acceptors (Lipinski definition) is 4. The zero-order valence-corrected chi connectivity index (χ0v) is 9.86. The topological polar surface area (TPSA) is 83.8 Å². The van der Waals surface area contributed by atoms with Crippen LogP contribution < -0.4 is 11.1 Å². The molecule has 0 unspecified atom stereocenters. The number of aromatic amines is 1. The molecule has 0 fully saturated rings. The van der Waals surface area contributed by atoms with E-state index >= 15 is 0 Å². The molecular weight excluding hydrogens is 224 g/mol. The van der Waals surface area contributed by atoms with Crippen molar-refractivity contribution in [2.45, 2.75) is 6.92 Å². The number of nitrogens with one attached hydrogen (secondary N) is 2. The van der Waals surface area contributed by atoms with Gasteiger partial charge in [0.25, 0.3) is 5.91 Å². The van der Waals surface area contributed by atoms with Gasteiger partial charge in [0, 0.05) is 12.3 Å². The summed E-state index contributed by atoms with van der Waals surface area (Å²) in [6.07, 6.45) is 5.10. The summed E-state index contributed by atoms with van der Waals surface area (Å²) in [6.45, 7) is 2.32. The van der Waals surface area contributed by atoms with Crippen molar-refractivity contribution in [1.29, 1.82) is 0 Å². The zero-order chi connectivity index (χ0) is 12.0. The standard InChI is InChI=1S/C10H14N4OS/c1-3-5-16-6-4-12-10(15)9-8(11)7(2)13-14-9/h1H,4-6,11H2,2H3,(H,12,15)(H,13,14). The monoisotopic (exact) mass is 238 g/mol. The van der Waals surface area contributed by atoms with Crippen LogP contribution in [0.4, 0.5) is 5.69 Å². The zero-order valence-electron chi connectivity index (χ0n) is 9.04. The van der Waals surface area contributed by atoms with Gasteiger partial charge >= 0.3 is 0 Å². The average Bonchev–Trinajstić information content (AvgIpc) is 2.59. The number of anilines is 1. The summed E-state index contributed by atoms with van der Waals surface area (Å²) in [6, 6.07) is 0. The molecule has 0 saturated carbocycles. The maximum Gasteiger partial charge on any atom is 0.273 e. The molecule has 16 heavy (non-hydrogen) atoms. The number of terminal acetylenes is 1. The average molecular weight is 238 g/mol. The van der Waals surface area contributed by atoms with E-state index in [4.69, 9.17) is 12.2 Å². The maximum atomic E-state index is 11.6. The lowest BCUT2D eigenvalue weighted by Gasteiger charge is -2.02. The summed E-state index contributed by atoms with van der Waals surface area (Å²) >= 11 is 1.59. The van der Waals surface area contributed by atoms with E-state index in [1.807, 2.05) is 0 Å². The second-order valence-corrected chi connectivity index (χ2v) is 4.23. The Kier molecular flexibility index (Phi) is 4.73. The highest BCUT2D eigenvalue weighted by molar-refractivity contribution is 7.99. The predicted molar refractivity (Wildman–Crippen MR) is 66.2 cm³/mol. The molecule has 4 N–H and O–H groups in total. The fourth-order valence-corrected chi connectivity index (χ4v) is 1.57. The molecule has 0 aliphatic rings. The highest BCUT2D eigenvalue weighted by atomic mass is 32.2. The summed E-state index contributed by atoms with van der Waals surface area (Å²) in [5.41, 5.74) is 7.02. The van der Waals surface area contributed by atoms with Crippen LogP contribution in [-0.2, 0) is 0 Å². The van der Waals surface area contributed by atoms with E-state index in [9.17, 15) is 4.79 Å². The van der Waals surface area contributed by atoms with Crippen LogP contribution >= 0.6 is 11.8 Å². The quantitative estimate of drug-likeness (QED) is 0.512. The van der Waals surface area contributed by atoms with Crippen LogP contribution in [0.5, 0.6) is 0 Å². The van der Waals surface area contributed by atoms with E-state index in [-0.39, 0.29) is 11.6 Å². The minimum atomic E-state index is -0.261. The highest BCUT2D eigenvalue weighted by Crippen LogP contribution is 2.11. The molecule has 0 aromatic carbocycles. The number of nitrogen functional groups attached to an aromatic ring is 1. The molecule has 0 aliphatic heterocycles. The van der Waals surface area contributed by atoms with Crippen molar-refractivity contribution >= 4 is 23.4 Å². The first-order chi connectivity index (χ1) is 7.66. The summed E-state index contributed by atoms with van der Waals surface area (Å²) in [4.78, 5) is 11.6. The van der Waals surface area contributed by atoms with Gasteiger partial charge in [-0.3, -0.25) is 9.89 Å². The van der Waals surface area contributed by atoms with E-state index in [1.165, 1.54) is 0 Å². The lowest BCUT2D eigenvalue weighted by atomic mass is 10.3. The lowest BCUT2D eigenvalue weighted by molar-refractivity contribution is 0.0952. The normalized spacial score (nSPS) is 9.75. The number of nitrogens with two attached hydrogens (primary N) is 1. The lowest BCUT2D eigenvalue weighted by Crippen LogP contribution is -2.26. The molecule has 1 rings (SSSR count). The third kappa shape index (κ3) is 3.21. The summed E-state index contributed by atoms with van der Waals surface area (Å²) in [5, 5.41) is 9.21. The molecule has 1 aromatic rings. The largest absolute Gasteiger partial charge is 0.395 e. The molecule has 86 valence electrons. The molecule has 0 saturated heterocycles. The van der Waals surface area contributed by atoms with Crippen molar-refractivity contribution in [2.75, 3.05) is 23.8 Å². The number of H-pyrrole nitrogens is 1. The second kappa shape index (κ2) is 6.08. The number of carbonyl (C=O) groups is 1. The van der Waals surface area contributed by atoms with Gasteiger partial charge in [-0.25, -0.2) is 0 Å². The number of nitrogens with zero attached hydrogens (tertiary/aromatic N) is 1. The van der Waals surface area contributed by atoms with Crippen molar-refractivity contribution in [3.05, 3.63) is 11.4 Å². The molecule has 1 aromatic heterocycles. The third-order valence-electron chi connectivity index (χ3n) is 1.93. The number of rotatable bonds is 5. The van der Waals surface area contributed by atoms with Gasteiger partial charge in [0.15, 0.2) is 5.69 Å². The molecule has 1 heterocycles. The number of thioether (sulfide) groups is 1. The number of amides is 1. The highest BCUT2D eigenvalue weighted by Gasteiger charge is 2.14. The first-order valence-corrected chi connectivity index (χ1v) is 5.92. The Morgan fingerprint density at radius 2 is 2.50 bits per heavy atom. The van der Waals surface area contributed by atoms with Crippen molar-refractivity contribution in [3.63, 3.8) is 0 Å². The van der Waals surface area contributed by atoms with Crippen molar-refractivity contribution in [1.82, 2.24) is 15.5 Å². The second-order valence-electron chi connectivity index (χ2n) is 3.12. The molecule has 0 atom stereocenters. The van der Waals surface area contributed by atoms with Gasteiger partial charge in [-0.1, -0.05) is 5.92 Å². The van der Waals surface area contributed by atoms with E-state index in [0.29, 0.717) is 23.7 Å². The van der Waals surface area contributed by atoms with Crippen LogP contribution in [0.2, 0.25) is 0 Å². The summed E-state index contributed by atoms with van der Waals surface area (Å²) < 4.78 is 0. The Balaban J connectivity index is 2.36. The summed E-state index contributed by atoms with van der Waals surface area (Å²) in [7, 11) is 0. The van der Waals surface area contributed by atoms with Gasteiger partial charge in [0.1, 0.15) is 0 Å². The minimum absolute atomic E-state index is 0.249. The Labute approximate surface area is 98.6 Å². The number of hydrogen-bond donors (Lipinski definition) is 3. The molecule has 5 nitrogen and oxygen atoms in total. The van der Waals surface area contributed by atoms with Crippen molar-refractivity contribution in [2.24, 2.45) is 0 Å². The van der Waals surface area contributed by atoms with Gasteiger partial charge in [0.2, 0.25) is 0 Å². The van der Waals surface area contributed by atoms with E-state index in [1.54, 1.807) is 18.7 Å². The molecule has 1 amide bonds. The van der Waals surface area contributed by atoms with Crippen LogP contribution in [-0.4, -0.2) is 34.2 Å². The Morgan fingerprint density at radius 3 is 3.06 bits per heavy atom. The molecular formula is C10H14N4OS. The van der Waals surface area contributed by atoms with Gasteiger partial charge in [-0.15, -0.1) is 18.2 Å². The van der Waals surface area contributed by atoms with Gasteiger partial charge < -0.3 is 11.1 Å². The van der Waals surface area contributed by atoms with E-state index < -0.39 is 0 Å². The first-order valence-electron chi connectivity index (χ1n) is 4.76. The molecule has 6 heteroatoms. The predicted octanol–water partition coefficient (Wildman–Crippen LogP) is 0.397. The number of aryl methyl sites for hydroxylation is 1. The SMILES string of the molecule is C#CCSCCNC(=O)c1n[nH]c(C)c1N. The number of carbonyl (C=O) groups excluding carboxylic acids is 1. The van der Waals surface area contributed by atoms with E-state index in [2.05, 4.69) is 21.4 Å². The first kappa shape index (κ1) is 12.5. The van der Waals surface area contributed by atoms with Crippen LogP contribution in [0.3, 0.4) is 0 Å². The van der Waals surface area contributed by atoms with Crippen LogP contribution in [0, 0.1) is 19.3 Å². The Bertz CT molecular complexity index is 407.